The summed E-state index contributed by atoms with van der Waals surface area (Å²) in [6, 6.07) is 4.47. The Bertz CT molecular complexity index is 920. The predicted octanol–water partition coefficient (Wildman–Crippen LogP) is 6.40. The predicted molar refractivity (Wildman–Crippen MR) is 136 cm³/mol. The molecule has 5 nitrogen and oxygen atoms in total. The van der Waals surface area contributed by atoms with Crippen molar-refractivity contribution in [3.8, 4) is 0 Å². The molecule has 8 heteroatoms. The van der Waals surface area contributed by atoms with Crippen LogP contribution < -0.4 is 0 Å². The quantitative estimate of drug-likeness (QED) is 0.274. The minimum atomic E-state index is 0.0229. The van der Waals surface area contributed by atoms with Crippen LogP contribution in [0.1, 0.15) is 73.9 Å². The summed E-state index contributed by atoms with van der Waals surface area (Å²) in [5.41, 5.74) is 2.48. The molecule has 0 bridgehead atoms. The van der Waals surface area contributed by atoms with Gasteiger partial charge in [-0.25, -0.2) is 4.98 Å². The molecule has 3 rings (SSSR count). The van der Waals surface area contributed by atoms with Gasteiger partial charge in [-0.3, -0.25) is 9.59 Å². The molecule has 33 heavy (non-hydrogen) atoms. The van der Waals surface area contributed by atoms with Gasteiger partial charge < -0.3 is 9.80 Å². The molecule has 0 N–H and O–H groups in total. The first kappa shape index (κ1) is 26.1. The van der Waals surface area contributed by atoms with E-state index < -0.39 is 0 Å². The van der Waals surface area contributed by atoms with Crippen molar-refractivity contribution in [2.75, 3.05) is 13.1 Å². The van der Waals surface area contributed by atoms with Crippen molar-refractivity contribution in [1.82, 2.24) is 14.8 Å². The summed E-state index contributed by atoms with van der Waals surface area (Å²) >= 11 is 13.7. The average Bonchev–Trinajstić information content (AvgIpc) is 3.29. The van der Waals surface area contributed by atoms with Gasteiger partial charge in [0, 0.05) is 44.6 Å². The highest BCUT2D eigenvalue weighted by Crippen LogP contribution is 2.25. The molecule has 0 aromatic carbocycles. The molecule has 1 atom stereocenters. The van der Waals surface area contributed by atoms with Crippen molar-refractivity contribution < 1.29 is 9.59 Å². The summed E-state index contributed by atoms with van der Waals surface area (Å²) in [5, 5.41) is 4.69. The van der Waals surface area contributed by atoms with Crippen LogP contribution in [-0.4, -0.2) is 51.6 Å². The Hall–Kier alpha value is -1.47. The largest absolute Gasteiger partial charge is 0.335 e. The number of likely N-dealkylation sites (tertiary alicyclic amines) is 1. The number of ketones is 1. The summed E-state index contributed by atoms with van der Waals surface area (Å²) in [5.74, 6) is 0.256. The van der Waals surface area contributed by atoms with E-state index in [1.54, 1.807) is 17.4 Å². The zero-order valence-electron chi connectivity index (χ0n) is 19.7. The number of aromatic nitrogens is 1. The number of amides is 1. The van der Waals surface area contributed by atoms with E-state index in [0.717, 1.165) is 44.3 Å². The number of nitrogens with zero attached hydrogens (tertiary/aromatic N) is 3. The fourth-order valence-electron chi connectivity index (χ4n) is 4.64. The van der Waals surface area contributed by atoms with E-state index in [0.29, 0.717) is 42.2 Å². The van der Waals surface area contributed by atoms with E-state index in [1.807, 2.05) is 13.8 Å². The third-order valence-electron chi connectivity index (χ3n) is 6.56. The van der Waals surface area contributed by atoms with Gasteiger partial charge in [-0.2, -0.15) is 11.3 Å². The van der Waals surface area contributed by atoms with Crippen molar-refractivity contribution in [1.29, 1.82) is 0 Å². The molecule has 0 radical (unpaired) electrons. The number of rotatable bonds is 10. The van der Waals surface area contributed by atoms with Gasteiger partial charge in [0.15, 0.2) is 5.78 Å². The van der Waals surface area contributed by atoms with E-state index in [1.165, 1.54) is 5.56 Å². The number of carbonyl (C=O) groups excluding carboxylic acids is 2. The Kier molecular flexibility index (Phi) is 9.74. The fraction of sp³-hybridized carbons (Fsp3) is 0.560. The van der Waals surface area contributed by atoms with E-state index >= 15 is 0 Å². The zero-order valence-corrected chi connectivity index (χ0v) is 22.0. The van der Waals surface area contributed by atoms with Crippen molar-refractivity contribution in [3.05, 3.63) is 49.9 Å². The SMILES string of the molecule is CCC(=O)N(Cc1ccsc1)C1CCN([C@H](C)CCCC(=O)c2c(C)cc(Cl)nc2Cl)CC1. The van der Waals surface area contributed by atoms with Crippen LogP contribution in [0, 0.1) is 6.92 Å². The number of carbonyl (C=O) groups is 2. The van der Waals surface area contributed by atoms with Crippen molar-refractivity contribution in [2.45, 2.75) is 77.9 Å². The van der Waals surface area contributed by atoms with E-state index in [-0.39, 0.29) is 16.8 Å². The number of thiophene rings is 1. The first-order chi connectivity index (χ1) is 15.8. The second kappa shape index (κ2) is 12.3. The zero-order chi connectivity index (χ0) is 24.0. The summed E-state index contributed by atoms with van der Waals surface area (Å²) in [6.07, 6.45) is 4.72. The number of pyridine rings is 1. The average molecular weight is 511 g/mol. The minimum Gasteiger partial charge on any atom is -0.335 e. The van der Waals surface area contributed by atoms with Gasteiger partial charge in [0.05, 0.1) is 5.56 Å². The van der Waals surface area contributed by atoms with E-state index in [4.69, 9.17) is 23.2 Å². The minimum absolute atomic E-state index is 0.0229. The monoisotopic (exact) mass is 509 g/mol. The van der Waals surface area contributed by atoms with Gasteiger partial charge in [0.1, 0.15) is 10.3 Å². The lowest BCUT2D eigenvalue weighted by Gasteiger charge is -2.40. The Labute approximate surface area is 211 Å². The van der Waals surface area contributed by atoms with Crippen LogP contribution in [0.5, 0.6) is 0 Å². The molecule has 0 unspecified atom stereocenters. The maximum atomic E-state index is 12.7. The molecule has 1 aliphatic rings. The van der Waals surface area contributed by atoms with Gasteiger partial charge in [-0.05, 0) is 73.6 Å². The molecule has 0 aliphatic carbocycles. The van der Waals surface area contributed by atoms with Crippen LogP contribution >= 0.6 is 34.5 Å². The number of hydrogen-bond donors (Lipinski definition) is 0. The van der Waals surface area contributed by atoms with Gasteiger partial charge in [-0.1, -0.05) is 30.1 Å². The van der Waals surface area contributed by atoms with Gasteiger partial charge in [-0.15, -0.1) is 0 Å². The molecular formula is C25H33Cl2N3O2S. The van der Waals surface area contributed by atoms with Crippen LogP contribution in [0.4, 0.5) is 0 Å². The molecule has 1 amide bonds. The Morgan fingerprint density at radius 3 is 2.64 bits per heavy atom. The second-order valence-corrected chi connectivity index (χ2v) is 10.4. The maximum absolute atomic E-state index is 12.7. The second-order valence-electron chi connectivity index (χ2n) is 8.87. The third-order valence-corrected chi connectivity index (χ3v) is 7.76. The molecule has 0 spiro atoms. The first-order valence-electron chi connectivity index (χ1n) is 11.7. The lowest BCUT2D eigenvalue weighted by Crippen LogP contribution is -2.48. The van der Waals surface area contributed by atoms with Crippen LogP contribution in [-0.2, 0) is 11.3 Å². The highest BCUT2D eigenvalue weighted by molar-refractivity contribution is 7.07. The number of halogens is 2. The molecule has 0 saturated carbocycles. The van der Waals surface area contributed by atoms with Crippen molar-refractivity contribution >= 4 is 46.2 Å². The molecule has 180 valence electrons. The van der Waals surface area contributed by atoms with Gasteiger partial charge in [0.2, 0.25) is 5.91 Å². The summed E-state index contributed by atoms with van der Waals surface area (Å²) in [6.45, 7) is 8.67. The van der Waals surface area contributed by atoms with Crippen molar-refractivity contribution in [2.24, 2.45) is 0 Å². The lowest BCUT2D eigenvalue weighted by atomic mass is 9.98. The third kappa shape index (κ3) is 7.01. The highest BCUT2D eigenvalue weighted by atomic mass is 35.5. The molecule has 2 aromatic heterocycles. The lowest BCUT2D eigenvalue weighted by molar-refractivity contribution is -0.135. The Morgan fingerprint density at radius 2 is 2.03 bits per heavy atom. The van der Waals surface area contributed by atoms with Crippen LogP contribution in [0.25, 0.3) is 0 Å². The van der Waals surface area contributed by atoms with E-state index in [2.05, 4.69) is 38.5 Å². The number of piperidine rings is 1. The Balaban J connectivity index is 1.47. The normalized spacial score (nSPS) is 16.0. The van der Waals surface area contributed by atoms with E-state index in [9.17, 15) is 9.59 Å². The smallest absolute Gasteiger partial charge is 0.222 e. The topological polar surface area (TPSA) is 53.5 Å². The van der Waals surface area contributed by atoms with Crippen LogP contribution in [0.15, 0.2) is 22.9 Å². The van der Waals surface area contributed by atoms with Crippen LogP contribution in [0.2, 0.25) is 10.3 Å². The van der Waals surface area contributed by atoms with Gasteiger partial charge >= 0.3 is 0 Å². The molecule has 1 aliphatic heterocycles. The van der Waals surface area contributed by atoms with Crippen molar-refractivity contribution in [3.63, 3.8) is 0 Å². The standard InChI is InChI=1S/C25H33Cl2N3O2S/c1-4-23(32)30(15-19-10-13-33-16-19)20-8-11-29(12-9-20)18(3)6-5-7-21(31)24-17(2)14-22(26)28-25(24)27/h10,13-14,16,18,20H,4-9,11-12,15H2,1-3H3/t18-/m1/s1. The number of aryl methyl sites for hydroxylation is 1. The fourth-order valence-corrected chi connectivity index (χ4v) is 5.93. The molecule has 1 fully saturated rings. The molecule has 1 saturated heterocycles. The maximum Gasteiger partial charge on any atom is 0.222 e. The molecule has 2 aromatic rings. The van der Waals surface area contributed by atoms with Crippen LogP contribution in [0.3, 0.4) is 0 Å². The summed E-state index contributed by atoms with van der Waals surface area (Å²) in [4.78, 5) is 33.9. The summed E-state index contributed by atoms with van der Waals surface area (Å²) in [7, 11) is 0. The number of hydrogen-bond acceptors (Lipinski definition) is 5. The van der Waals surface area contributed by atoms with Gasteiger partial charge in [0.25, 0.3) is 0 Å². The first-order valence-corrected chi connectivity index (χ1v) is 13.4. The Morgan fingerprint density at radius 1 is 1.30 bits per heavy atom. The number of Topliss-reactive ketones (excluding diaryl/α,β-unsaturated/α-hetero) is 1. The molecule has 3 heterocycles. The molecular weight excluding hydrogens is 477 g/mol. The highest BCUT2D eigenvalue weighted by Gasteiger charge is 2.29. The summed E-state index contributed by atoms with van der Waals surface area (Å²) < 4.78 is 0.